The summed E-state index contributed by atoms with van der Waals surface area (Å²) in [6.07, 6.45) is 2.60. The summed E-state index contributed by atoms with van der Waals surface area (Å²) in [5.41, 5.74) is 1.22. The topological polar surface area (TPSA) is 153 Å². The number of carbonyl (C=O) groups is 2. The summed E-state index contributed by atoms with van der Waals surface area (Å²) in [5, 5.41) is 18.9. The molecule has 0 fully saturated rings. The molecule has 0 radical (unpaired) electrons. The first-order valence-corrected chi connectivity index (χ1v) is 11.5. The molecule has 4 rings (SSSR count). The Labute approximate surface area is 194 Å². The molecule has 3 aromatic rings. The van der Waals surface area contributed by atoms with Crippen molar-refractivity contribution in [3.63, 3.8) is 0 Å². The number of anilines is 2. The molecule has 1 heterocycles. The van der Waals surface area contributed by atoms with Crippen molar-refractivity contribution in [2.75, 3.05) is 10.2 Å². The SMILES string of the molecule is NS(=O)(=O)c1ccc2c(c1)NC(=O)C(c1ccccc1)N2C(=O)/C=C/c1cccc([N+](=O)[O-])c1. The molecule has 172 valence electrons. The Kier molecular flexibility index (Phi) is 5.97. The number of nitrogens with two attached hydrogens (primary N) is 1. The van der Waals surface area contributed by atoms with Gasteiger partial charge < -0.3 is 5.32 Å². The minimum absolute atomic E-state index is 0.112. The fourth-order valence-electron chi connectivity index (χ4n) is 3.63. The van der Waals surface area contributed by atoms with E-state index < -0.39 is 32.8 Å². The van der Waals surface area contributed by atoms with Gasteiger partial charge in [-0.05, 0) is 35.4 Å². The minimum atomic E-state index is -4.04. The zero-order chi connectivity index (χ0) is 24.5. The Morgan fingerprint density at radius 1 is 1.06 bits per heavy atom. The summed E-state index contributed by atoms with van der Waals surface area (Å²) in [4.78, 5) is 37.9. The fraction of sp³-hybridized carbons (Fsp3) is 0.0435. The summed E-state index contributed by atoms with van der Waals surface area (Å²) < 4.78 is 23.5. The van der Waals surface area contributed by atoms with Crippen molar-refractivity contribution in [1.29, 1.82) is 0 Å². The molecule has 1 aliphatic heterocycles. The van der Waals surface area contributed by atoms with E-state index in [4.69, 9.17) is 5.14 Å². The second kappa shape index (κ2) is 8.89. The molecule has 1 aliphatic rings. The van der Waals surface area contributed by atoms with Crippen molar-refractivity contribution in [2.45, 2.75) is 10.9 Å². The predicted octanol–water partition coefficient (Wildman–Crippen LogP) is 2.98. The van der Waals surface area contributed by atoms with Crippen molar-refractivity contribution in [1.82, 2.24) is 0 Å². The Balaban J connectivity index is 1.79. The Hall–Kier alpha value is -4.35. The van der Waals surface area contributed by atoms with Crippen LogP contribution in [0.15, 0.2) is 83.8 Å². The third-order valence-corrected chi connectivity index (χ3v) is 6.08. The summed E-state index contributed by atoms with van der Waals surface area (Å²) in [5.74, 6) is -1.12. The predicted molar refractivity (Wildman–Crippen MR) is 125 cm³/mol. The summed E-state index contributed by atoms with van der Waals surface area (Å²) >= 11 is 0. The van der Waals surface area contributed by atoms with Gasteiger partial charge in [0.05, 0.1) is 21.2 Å². The van der Waals surface area contributed by atoms with Gasteiger partial charge in [-0.25, -0.2) is 13.6 Å². The highest BCUT2D eigenvalue weighted by molar-refractivity contribution is 7.89. The van der Waals surface area contributed by atoms with Gasteiger partial charge in [0.1, 0.15) is 6.04 Å². The number of nitrogens with one attached hydrogen (secondary N) is 1. The Bertz CT molecular complexity index is 1440. The number of fused-ring (bicyclic) bond motifs is 1. The first-order chi connectivity index (χ1) is 16.1. The molecule has 3 N–H and O–H groups in total. The maximum Gasteiger partial charge on any atom is 0.270 e. The molecule has 1 atom stereocenters. The lowest BCUT2D eigenvalue weighted by atomic mass is 9.99. The van der Waals surface area contributed by atoms with E-state index in [2.05, 4.69) is 5.32 Å². The maximum absolute atomic E-state index is 13.3. The molecule has 0 spiro atoms. The summed E-state index contributed by atoms with van der Waals surface area (Å²) in [6.45, 7) is 0. The largest absolute Gasteiger partial charge is 0.322 e. The molecular formula is C23H18N4O6S. The normalized spacial score (nSPS) is 15.6. The second-order valence-corrected chi connectivity index (χ2v) is 8.98. The lowest BCUT2D eigenvalue weighted by molar-refractivity contribution is -0.384. The molecule has 0 aromatic heterocycles. The van der Waals surface area contributed by atoms with E-state index in [-0.39, 0.29) is 22.0 Å². The Morgan fingerprint density at radius 2 is 1.79 bits per heavy atom. The Morgan fingerprint density at radius 3 is 2.47 bits per heavy atom. The van der Waals surface area contributed by atoms with Gasteiger partial charge in [-0.3, -0.25) is 24.6 Å². The standard InChI is InChI=1S/C23H18N4O6S/c24-34(32,33)18-10-11-20-19(14-18)25-23(29)22(16-6-2-1-3-7-16)26(20)21(28)12-9-15-5-4-8-17(13-15)27(30)31/h1-14,22H,(H,25,29)(H2,24,32,33)/b12-9+. The van der Waals surface area contributed by atoms with Crippen LogP contribution in [0.1, 0.15) is 17.2 Å². The number of sulfonamides is 1. The molecule has 34 heavy (non-hydrogen) atoms. The molecule has 0 aliphatic carbocycles. The monoisotopic (exact) mass is 478 g/mol. The molecule has 1 unspecified atom stereocenters. The number of hydrogen-bond donors (Lipinski definition) is 2. The lowest BCUT2D eigenvalue weighted by Crippen LogP contribution is -2.44. The van der Waals surface area contributed by atoms with Gasteiger partial charge in [-0.2, -0.15) is 0 Å². The number of non-ortho nitro benzene ring substituents is 1. The number of carbonyl (C=O) groups excluding carboxylic acids is 2. The van der Waals surface area contributed by atoms with Crippen LogP contribution in [0.5, 0.6) is 0 Å². The highest BCUT2D eigenvalue weighted by Crippen LogP contribution is 2.39. The molecule has 0 saturated heterocycles. The van der Waals surface area contributed by atoms with Crippen LogP contribution >= 0.6 is 0 Å². The second-order valence-electron chi connectivity index (χ2n) is 7.42. The average Bonchev–Trinajstić information content (AvgIpc) is 2.81. The van der Waals surface area contributed by atoms with E-state index in [1.54, 1.807) is 36.4 Å². The minimum Gasteiger partial charge on any atom is -0.322 e. The smallest absolute Gasteiger partial charge is 0.270 e. The van der Waals surface area contributed by atoms with Gasteiger partial charge in [0.15, 0.2) is 0 Å². The van der Waals surface area contributed by atoms with Crippen LogP contribution in [0.25, 0.3) is 6.08 Å². The number of rotatable bonds is 5. The third kappa shape index (κ3) is 4.56. The number of amides is 2. The van der Waals surface area contributed by atoms with Gasteiger partial charge in [-0.15, -0.1) is 0 Å². The van der Waals surface area contributed by atoms with Crippen LogP contribution in [0, 0.1) is 10.1 Å². The maximum atomic E-state index is 13.3. The number of hydrogen-bond acceptors (Lipinski definition) is 6. The fourth-order valence-corrected chi connectivity index (χ4v) is 4.17. The van der Waals surface area contributed by atoms with E-state index in [0.29, 0.717) is 11.1 Å². The first-order valence-electron chi connectivity index (χ1n) is 9.93. The van der Waals surface area contributed by atoms with E-state index >= 15 is 0 Å². The number of nitro benzene ring substituents is 1. The van der Waals surface area contributed by atoms with Gasteiger partial charge in [-0.1, -0.05) is 42.5 Å². The van der Waals surface area contributed by atoms with Gasteiger partial charge in [0, 0.05) is 18.2 Å². The lowest BCUT2D eigenvalue weighted by Gasteiger charge is -2.36. The molecular weight excluding hydrogens is 460 g/mol. The van der Waals surface area contributed by atoms with Crippen LogP contribution in [-0.4, -0.2) is 25.2 Å². The first kappa shape index (κ1) is 22.8. The van der Waals surface area contributed by atoms with Crippen molar-refractivity contribution < 1.29 is 22.9 Å². The number of nitro groups is 1. The van der Waals surface area contributed by atoms with E-state index in [0.717, 1.165) is 0 Å². The van der Waals surface area contributed by atoms with Crippen molar-refractivity contribution in [3.05, 3.63) is 100 Å². The summed E-state index contributed by atoms with van der Waals surface area (Å²) in [7, 11) is -4.04. The molecule has 0 saturated carbocycles. The number of primary sulfonamides is 1. The van der Waals surface area contributed by atoms with Crippen LogP contribution < -0.4 is 15.4 Å². The molecule has 11 heteroatoms. The van der Waals surface area contributed by atoms with Crippen molar-refractivity contribution >= 4 is 45.0 Å². The van der Waals surface area contributed by atoms with Gasteiger partial charge in [0.2, 0.25) is 10.0 Å². The third-order valence-electron chi connectivity index (χ3n) is 5.17. The van der Waals surface area contributed by atoms with E-state index in [1.807, 2.05) is 0 Å². The zero-order valence-electron chi connectivity index (χ0n) is 17.5. The van der Waals surface area contributed by atoms with Crippen molar-refractivity contribution in [3.8, 4) is 0 Å². The van der Waals surface area contributed by atoms with Crippen LogP contribution in [0.2, 0.25) is 0 Å². The quantitative estimate of drug-likeness (QED) is 0.327. The number of benzene rings is 3. The van der Waals surface area contributed by atoms with Crippen LogP contribution in [0.4, 0.5) is 17.1 Å². The van der Waals surface area contributed by atoms with Crippen molar-refractivity contribution in [2.24, 2.45) is 5.14 Å². The van der Waals surface area contributed by atoms with E-state index in [1.165, 1.54) is 53.5 Å². The zero-order valence-corrected chi connectivity index (χ0v) is 18.3. The molecule has 0 bridgehead atoms. The molecule has 10 nitrogen and oxygen atoms in total. The summed E-state index contributed by atoms with van der Waals surface area (Å²) in [6, 6.07) is 17.1. The van der Waals surface area contributed by atoms with E-state index in [9.17, 15) is 28.1 Å². The average molecular weight is 478 g/mol. The highest BCUT2D eigenvalue weighted by Gasteiger charge is 2.37. The molecule has 2 amide bonds. The number of nitrogens with zero attached hydrogens (tertiary/aromatic N) is 2. The highest BCUT2D eigenvalue weighted by atomic mass is 32.2. The van der Waals surface area contributed by atoms with Crippen LogP contribution in [0.3, 0.4) is 0 Å². The van der Waals surface area contributed by atoms with Gasteiger partial charge >= 0.3 is 0 Å². The molecule has 3 aromatic carbocycles. The van der Waals surface area contributed by atoms with Crippen LogP contribution in [-0.2, 0) is 19.6 Å². The van der Waals surface area contributed by atoms with Gasteiger partial charge in [0.25, 0.3) is 17.5 Å².